The van der Waals surface area contributed by atoms with Crippen molar-refractivity contribution >= 4 is 27.9 Å². The Hall–Kier alpha value is -3.28. The summed E-state index contributed by atoms with van der Waals surface area (Å²) in [7, 11) is 0. The highest BCUT2D eigenvalue weighted by molar-refractivity contribution is 5.83. The van der Waals surface area contributed by atoms with Crippen molar-refractivity contribution in [3.05, 3.63) is 66.1 Å². The summed E-state index contributed by atoms with van der Waals surface area (Å²) in [6, 6.07) is 16.7. The van der Waals surface area contributed by atoms with Crippen molar-refractivity contribution < 1.29 is 0 Å². The molecule has 0 saturated carbocycles. The van der Waals surface area contributed by atoms with Crippen LogP contribution in [0.4, 0.5) is 0 Å². The zero-order chi connectivity index (χ0) is 20.1. The van der Waals surface area contributed by atoms with Crippen molar-refractivity contribution in [3.63, 3.8) is 0 Å². The fraction of sp³-hybridized carbons (Fsp3) is 0.304. The molecule has 0 spiro atoms. The number of aliphatic imine (C=N–C) groups is 1. The molecular formula is C23H28N6. The Labute approximate surface area is 171 Å². The van der Waals surface area contributed by atoms with E-state index in [2.05, 4.69) is 87.7 Å². The van der Waals surface area contributed by atoms with Gasteiger partial charge in [-0.3, -0.25) is 4.99 Å². The standard InChI is InChI=1S/C23H28N6/c1-3-24-23(25-13-12-18-16-27-20-9-5-4-8-19(18)20)26-14-15-29-17(2)28-21-10-6-7-11-22(21)29/h4-11,16,27H,3,12-15H2,1-2H3,(H2,24,25,26). The molecule has 6 heteroatoms. The molecule has 29 heavy (non-hydrogen) atoms. The molecule has 2 aromatic carbocycles. The number of aromatic amines is 1. The van der Waals surface area contributed by atoms with E-state index >= 15 is 0 Å². The van der Waals surface area contributed by atoms with E-state index in [-0.39, 0.29) is 0 Å². The highest BCUT2D eigenvalue weighted by Gasteiger charge is 2.07. The second kappa shape index (κ2) is 8.82. The molecule has 0 amide bonds. The Morgan fingerprint density at radius 2 is 1.93 bits per heavy atom. The number of hydrogen-bond acceptors (Lipinski definition) is 2. The van der Waals surface area contributed by atoms with Crippen molar-refractivity contribution in [2.75, 3.05) is 19.6 Å². The van der Waals surface area contributed by atoms with Crippen LogP contribution in [0.3, 0.4) is 0 Å². The third kappa shape index (κ3) is 4.26. The lowest BCUT2D eigenvalue weighted by Crippen LogP contribution is -2.39. The first kappa shape index (κ1) is 19.1. The van der Waals surface area contributed by atoms with Gasteiger partial charge in [-0.05, 0) is 44.0 Å². The molecule has 0 fully saturated rings. The van der Waals surface area contributed by atoms with Gasteiger partial charge < -0.3 is 20.2 Å². The highest BCUT2D eigenvalue weighted by Crippen LogP contribution is 2.18. The second-order valence-corrected chi connectivity index (χ2v) is 7.10. The van der Waals surface area contributed by atoms with E-state index in [4.69, 9.17) is 4.99 Å². The number of benzene rings is 2. The maximum atomic E-state index is 4.75. The van der Waals surface area contributed by atoms with Crippen LogP contribution >= 0.6 is 0 Å². The summed E-state index contributed by atoms with van der Waals surface area (Å²) in [6.07, 6.45) is 3.00. The second-order valence-electron chi connectivity index (χ2n) is 7.10. The maximum Gasteiger partial charge on any atom is 0.191 e. The molecule has 0 bridgehead atoms. The van der Waals surface area contributed by atoms with Gasteiger partial charge in [0.05, 0.1) is 11.0 Å². The number of nitrogens with one attached hydrogen (secondary N) is 3. The van der Waals surface area contributed by atoms with Gasteiger partial charge in [-0.1, -0.05) is 30.3 Å². The summed E-state index contributed by atoms with van der Waals surface area (Å²) < 4.78 is 2.25. The largest absolute Gasteiger partial charge is 0.361 e. The minimum Gasteiger partial charge on any atom is -0.361 e. The Bertz CT molecular complexity index is 1120. The number of imidazole rings is 1. The number of guanidine groups is 1. The quantitative estimate of drug-likeness (QED) is 0.334. The van der Waals surface area contributed by atoms with Crippen LogP contribution in [-0.4, -0.2) is 40.1 Å². The Morgan fingerprint density at radius 3 is 2.83 bits per heavy atom. The predicted octanol–water partition coefficient (Wildman–Crippen LogP) is 3.62. The number of H-pyrrole nitrogens is 1. The summed E-state index contributed by atoms with van der Waals surface area (Å²) >= 11 is 0. The fourth-order valence-corrected chi connectivity index (χ4v) is 3.73. The average molecular weight is 389 g/mol. The highest BCUT2D eigenvalue weighted by atomic mass is 15.2. The summed E-state index contributed by atoms with van der Waals surface area (Å²) in [6.45, 7) is 7.36. The number of aromatic nitrogens is 3. The van der Waals surface area contributed by atoms with E-state index < -0.39 is 0 Å². The average Bonchev–Trinajstić information content (AvgIpc) is 3.29. The lowest BCUT2D eigenvalue weighted by Gasteiger charge is -2.13. The molecule has 0 atom stereocenters. The Kier molecular flexibility index (Phi) is 5.79. The van der Waals surface area contributed by atoms with E-state index in [0.717, 1.165) is 49.9 Å². The normalized spacial score (nSPS) is 12.0. The topological polar surface area (TPSA) is 70.0 Å². The molecule has 4 rings (SSSR count). The molecule has 0 unspecified atom stereocenters. The molecule has 2 aromatic heterocycles. The van der Waals surface area contributed by atoms with E-state index in [9.17, 15) is 0 Å². The first-order valence-corrected chi connectivity index (χ1v) is 10.3. The van der Waals surface area contributed by atoms with Gasteiger partial charge >= 0.3 is 0 Å². The fourth-order valence-electron chi connectivity index (χ4n) is 3.73. The summed E-state index contributed by atoms with van der Waals surface area (Å²) in [4.78, 5) is 12.7. The molecule has 0 aliphatic heterocycles. The van der Waals surface area contributed by atoms with Crippen molar-refractivity contribution in [2.24, 2.45) is 4.99 Å². The van der Waals surface area contributed by atoms with Gasteiger partial charge in [0.2, 0.25) is 0 Å². The summed E-state index contributed by atoms with van der Waals surface area (Å²) in [5.41, 5.74) is 4.71. The molecule has 2 heterocycles. The molecule has 3 N–H and O–H groups in total. The molecule has 0 radical (unpaired) electrons. The van der Waals surface area contributed by atoms with Crippen LogP contribution in [0.2, 0.25) is 0 Å². The van der Waals surface area contributed by atoms with Gasteiger partial charge in [0, 0.05) is 43.3 Å². The van der Waals surface area contributed by atoms with Gasteiger partial charge in [-0.2, -0.15) is 0 Å². The van der Waals surface area contributed by atoms with Crippen LogP contribution in [0.15, 0.2) is 59.7 Å². The number of aryl methyl sites for hydroxylation is 1. The van der Waals surface area contributed by atoms with Crippen LogP contribution in [0.1, 0.15) is 18.3 Å². The number of fused-ring (bicyclic) bond motifs is 2. The van der Waals surface area contributed by atoms with E-state index in [0.29, 0.717) is 0 Å². The van der Waals surface area contributed by atoms with E-state index in [1.165, 1.54) is 22.0 Å². The monoisotopic (exact) mass is 388 g/mol. The van der Waals surface area contributed by atoms with Crippen LogP contribution < -0.4 is 10.6 Å². The van der Waals surface area contributed by atoms with E-state index in [1.54, 1.807) is 0 Å². The van der Waals surface area contributed by atoms with Gasteiger partial charge in [0.15, 0.2) is 5.96 Å². The molecule has 6 nitrogen and oxygen atoms in total. The zero-order valence-corrected chi connectivity index (χ0v) is 17.1. The number of nitrogens with zero attached hydrogens (tertiary/aromatic N) is 3. The first-order chi connectivity index (χ1) is 14.3. The number of rotatable bonds is 7. The van der Waals surface area contributed by atoms with Gasteiger partial charge in [-0.25, -0.2) is 4.98 Å². The third-order valence-electron chi connectivity index (χ3n) is 5.14. The summed E-state index contributed by atoms with van der Waals surface area (Å²) in [5.74, 6) is 1.89. The number of para-hydroxylation sites is 3. The van der Waals surface area contributed by atoms with Crippen LogP contribution in [0.5, 0.6) is 0 Å². The SMILES string of the molecule is CCNC(=NCCc1c[nH]c2ccccc12)NCCn1c(C)nc2ccccc21. The van der Waals surface area contributed by atoms with Gasteiger partial charge in [0.1, 0.15) is 5.82 Å². The Morgan fingerprint density at radius 1 is 1.10 bits per heavy atom. The Balaban J connectivity index is 1.36. The molecule has 4 aromatic rings. The zero-order valence-electron chi connectivity index (χ0n) is 17.1. The van der Waals surface area contributed by atoms with Crippen molar-refractivity contribution in [1.82, 2.24) is 25.2 Å². The molecule has 0 aliphatic carbocycles. The number of hydrogen-bond donors (Lipinski definition) is 3. The van der Waals surface area contributed by atoms with Crippen molar-refractivity contribution in [2.45, 2.75) is 26.8 Å². The first-order valence-electron chi connectivity index (χ1n) is 10.3. The lowest BCUT2D eigenvalue weighted by molar-refractivity contribution is 0.660. The summed E-state index contributed by atoms with van der Waals surface area (Å²) in [5, 5.41) is 8.07. The smallest absolute Gasteiger partial charge is 0.191 e. The predicted molar refractivity (Wildman–Crippen MR) is 120 cm³/mol. The van der Waals surface area contributed by atoms with Crippen LogP contribution in [0.25, 0.3) is 21.9 Å². The van der Waals surface area contributed by atoms with E-state index in [1.807, 2.05) is 6.07 Å². The van der Waals surface area contributed by atoms with Crippen LogP contribution in [0, 0.1) is 6.92 Å². The molecule has 0 saturated heterocycles. The minimum atomic E-state index is 0.740. The molecule has 0 aliphatic rings. The van der Waals surface area contributed by atoms with Crippen molar-refractivity contribution in [3.8, 4) is 0 Å². The van der Waals surface area contributed by atoms with Gasteiger partial charge in [-0.15, -0.1) is 0 Å². The molecular weight excluding hydrogens is 360 g/mol. The minimum absolute atomic E-state index is 0.740. The molecule has 150 valence electrons. The third-order valence-corrected chi connectivity index (χ3v) is 5.14. The van der Waals surface area contributed by atoms with Crippen LogP contribution in [-0.2, 0) is 13.0 Å². The maximum absolute atomic E-state index is 4.75. The van der Waals surface area contributed by atoms with Crippen molar-refractivity contribution in [1.29, 1.82) is 0 Å². The lowest BCUT2D eigenvalue weighted by atomic mass is 10.1. The van der Waals surface area contributed by atoms with Gasteiger partial charge in [0.25, 0.3) is 0 Å².